The largest absolute Gasteiger partial charge is 0.333 e. The van der Waals surface area contributed by atoms with Gasteiger partial charge in [-0.05, 0) is 25.5 Å². The SMILES string of the molecule is CCc1nn(CC)c(Cn2cccc2C#N)c1Cl. The topological polar surface area (TPSA) is 46.5 Å². The van der Waals surface area contributed by atoms with E-state index in [-0.39, 0.29) is 0 Å². The summed E-state index contributed by atoms with van der Waals surface area (Å²) in [7, 11) is 0. The molecule has 2 heterocycles. The molecule has 2 rings (SSSR count). The molecule has 0 aliphatic heterocycles. The molecule has 0 saturated carbocycles. The molecule has 0 bridgehead atoms. The molecular weight excluding hydrogens is 248 g/mol. The van der Waals surface area contributed by atoms with Gasteiger partial charge in [-0.2, -0.15) is 10.4 Å². The van der Waals surface area contributed by atoms with Crippen LogP contribution in [0.3, 0.4) is 0 Å². The average Bonchev–Trinajstić information content (AvgIpc) is 2.95. The molecule has 0 amide bonds. The molecule has 0 aliphatic carbocycles. The van der Waals surface area contributed by atoms with Crippen LogP contribution in [-0.2, 0) is 19.5 Å². The van der Waals surface area contributed by atoms with Gasteiger partial charge in [-0.1, -0.05) is 18.5 Å². The average molecular weight is 263 g/mol. The summed E-state index contributed by atoms with van der Waals surface area (Å²) in [6, 6.07) is 5.82. The predicted molar refractivity (Wildman–Crippen MR) is 70.5 cm³/mol. The number of nitrogens with zero attached hydrogens (tertiary/aromatic N) is 4. The summed E-state index contributed by atoms with van der Waals surface area (Å²) in [4.78, 5) is 0. The predicted octanol–water partition coefficient (Wildman–Crippen LogP) is 2.84. The lowest BCUT2D eigenvalue weighted by atomic mass is 10.3. The fraction of sp³-hybridized carbons (Fsp3) is 0.385. The quantitative estimate of drug-likeness (QED) is 0.851. The molecule has 4 nitrogen and oxygen atoms in total. The van der Waals surface area contributed by atoms with Gasteiger partial charge < -0.3 is 4.57 Å². The summed E-state index contributed by atoms with van der Waals surface area (Å²) in [5.74, 6) is 0. The van der Waals surface area contributed by atoms with Crippen molar-refractivity contribution in [3.8, 4) is 6.07 Å². The molecule has 0 unspecified atom stereocenters. The summed E-state index contributed by atoms with van der Waals surface area (Å²) in [5, 5.41) is 14.2. The number of hydrogen-bond donors (Lipinski definition) is 0. The van der Waals surface area contributed by atoms with E-state index in [0.29, 0.717) is 12.2 Å². The first-order chi connectivity index (χ1) is 8.71. The number of aromatic nitrogens is 3. The fourth-order valence-electron chi connectivity index (χ4n) is 1.98. The minimum absolute atomic E-state index is 0.579. The van der Waals surface area contributed by atoms with Gasteiger partial charge in [0.2, 0.25) is 0 Å². The third-order valence-corrected chi connectivity index (χ3v) is 3.39. The normalized spacial score (nSPS) is 10.6. The fourth-order valence-corrected chi connectivity index (χ4v) is 2.31. The smallest absolute Gasteiger partial charge is 0.120 e. The molecule has 0 N–H and O–H groups in total. The van der Waals surface area contributed by atoms with Gasteiger partial charge >= 0.3 is 0 Å². The Hall–Kier alpha value is -1.73. The van der Waals surface area contributed by atoms with Crippen LogP contribution in [0.25, 0.3) is 0 Å². The highest BCUT2D eigenvalue weighted by Crippen LogP contribution is 2.23. The van der Waals surface area contributed by atoms with Gasteiger partial charge in [-0.15, -0.1) is 0 Å². The number of rotatable bonds is 4. The van der Waals surface area contributed by atoms with Crippen LogP contribution in [0.5, 0.6) is 0 Å². The third-order valence-electron chi connectivity index (χ3n) is 2.96. The van der Waals surface area contributed by atoms with Crippen LogP contribution >= 0.6 is 11.6 Å². The summed E-state index contributed by atoms with van der Waals surface area (Å²) >= 11 is 6.34. The Morgan fingerprint density at radius 1 is 1.44 bits per heavy atom. The van der Waals surface area contributed by atoms with Crippen molar-refractivity contribution in [3.05, 3.63) is 40.4 Å². The zero-order valence-corrected chi connectivity index (χ0v) is 11.3. The zero-order valence-electron chi connectivity index (χ0n) is 10.5. The molecule has 0 spiro atoms. The second-order valence-electron chi connectivity index (χ2n) is 4.01. The Balaban J connectivity index is 2.40. The Bertz CT molecular complexity index is 589. The van der Waals surface area contributed by atoms with Gasteiger partial charge in [-0.25, -0.2) is 0 Å². The monoisotopic (exact) mass is 262 g/mol. The summed E-state index contributed by atoms with van der Waals surface area (Å²) in [6.45, 7) is 5.43. The number of hydrogen-bond acceptors (Lipinski definition) is 2. The van der Waals surface area contributed by atoms with Crippen molar-refractivity contribution in [2.45, 2.75) is 33.4 Å². The Morgan fingerprint density at radius 2 is 2.22 bits per heavy atom. The van der Waals surface area contributed by atoms with Crippen LogP contribution in [-0.4, -0.2) is 14.3 Å². The van der Waals surface area contributed by atoms with Crippen molar-refractivity contribution in [2.24, 2.45) is 0 Å². The van der Waals surface area contributed by atoms with Crippen LogP contribution in [0.1, 0.15) is 30.9 Å². The maximum absolute atomic E-state index is 9.01. The summed E-state index contributed by atoms with van der Waals surface area (Å²) < 4.78 is 3.79. The van der Waals surface area contributed by atoms with Crippen molar-refractivity contribution < 1.29 is 0 Å². The third kappa shape index (κ3) is 2.14. The van der Waals surface area contributed by atoms with Crippen LogP contribution in [0.2, 0.25) is 5.02 Å². The molecule has 0 fully saturated rings. The van der Waals surface area contributed by atoms with Crippen molar-refractivity contribution in [3.63, 3.8) is 0 Å². The molecule has 0 radical (unpaired) electrons. The second-order valence-corrected chi connectivity index (χ2v) is 4.39. The van der Waals surface area contributed by atoms with Gasteiger partial charge in [0.25, 0.3) is 0 Å². The van der Waals surface area contributed by atoms with Crippen molar-refractivity contribution >= 4 is 11.6 Å². The molecule has 0 aliphatic rings. The van der Waals surface area contributed by atoms with Crippen molar-refractivity contribution in [1.82, 2.24) is 14.3 Å². The van der Waals surface area contributed by atoms with E-state index in [9.17, 15) is 0 Å². The van der Waals surface area contributed by atoms with E-state index >= 15 is 0 Å². The summed E-state index contributed by atoms with van der Waals surface area (Å²) in [6.07, 6.45) is 2.70. The highest BCUT2D eigenvalue weighted by atomic mass is 35.5. The number of aryl methyl sites for hydroxylation is 2. The molecule has 94 valence electrons. The number of halogens is 1. The summed E-state index contributed by atoms with van der Waals surface area (Å²) in [5.41, 5.74) is 2.51. The van der Waals surface area contributed by atoms with E-state index in [1.54, 1.807) is 6.07 Å². The maximum atomic E-state index is 9.01. The van der Waals surface area contributed by atoms with E-state index < -0.39 is 0 Å². The van der Waals surface area contributed by atoms with Gasteiger partial charge in [0.1, 0.15) is 11.8 Å². The van der Waals surface area contributed by atoms with Crippen LogP contribution < -0.4 is 0 Å². The van der Waals surface area contributed by atoms with Crippen molar-refractivity contribution in [2.75, 3.05) is 0 Å². The lowest BCUT2D eigenvalue weighted by molar-refractivity contribution is 0.594. The first kappa shape index (κ1) is 12.7. The standard InChI is InChI=1S/C13H15ClN4/c1-3-11-13(14)12(18(4-2)16-11)9-17-7-5-6-10(17)8-15/h5-7H,3-4,9H2,1-2H3. The molecule has 18 heavy (non-hydrogen) atoms. The van der Waals surface area contributed by atoms with E-state index in [2.05, 4.69) is 11.2 Å². The van der Waals surface area contributed by atoms with Gasteiger partial charge in [0.05, 0.1) is 23.0 Å². The lowest BCUT2D eigenvalue weighted by Gasteiger charge is -2.07. The Kier molecular flexibility index (Phi) is 3.73. The minimum atomic E-state index is 0.579. The molecule has 0 saturated heterocycles. The highest BCUT2D eigenvalue weighted by Gasteiger charge is 2.15. The maximum Gasteiger partial charge on any atom is 0.120 e. The molecule has 5 heteroatoms. The number of nitriles is 1. The van der Waals surface area contributed by atoms with Gasteiger partial charge in [0, 0.05) is 12.7 Å². The van der Waals surface area contributed by atoms with Crippen LogP contribution in [0.4, 0.5) is 0 Å². The first-order valence-electron chi connectivity index (χ1n) is 6.00. The second kappa shape index (κ2) is 5.28. The van der Waals surface area contributed by atoms with E-state index in [1.807, 2.05) is 35.4 Å². The Morgan fingerprint density at radius 3 is 2.83 bits per heavy atom. The van der Waals surface area contributed by atoms with E-state index in [1.165, 1.54) is 0 Å². The molecule has 2 aromatic heterocycles. The van der Waals surface area contributed by atoms with E-state index in [0.717, 1.165) is 29.4 Å². The molecule has 0 atom stereocenters. The highest BCUT2D eigenvalue weighted by molar-refractivity contribution is 6.31. The van der Waals surface area contributed by atoms with Gasteiger partial charge in [0.15, 0.2) is 0 Å². The molecule has 0 aromatic carbocycles. The first-order valence-corrected chi connectivity index (χ1v) is 6.38. The molecule has 2 aromatic rings. The van der Waals surface area contributed by atoms with Crippen LogP contribution in [0.15, 0.2) is 18.3 Å². The lowest BCUT2D eigenvalue weighted by Crippen LogP contribution is -2.08. The minimum Gasteiger partial charge on any atom is -0.333 e. The molecular formula is C13H15ClN4. The Labute approximate surface area is 111 Å². The van der Waals surface area contributed by atoms with E-state index in [4.69, 9.17) is 16.9 Å². The van der Waals surface area contributed by atoms with Crippen LogP contribution in [0, 0.1) is 11.3 Å². The van der Waals surface area contributed by atoms with Gasteiger partial charge in [-0.3, -0.25) is 4.68 Å². The van der Waals surface area contributed by atoms with Crippen molar-refractivity contribution in [1.29, 1.82) is 5.26 Å². The zero-order chi connectivity index (χ0) is 13.1.